The van der Waals surface area contributed by atoms with Gasteiger partial charge in [0.1, 0.15) is 10.7 Å². The Labute approximate surface area is 222 Å². The van der Waals surface area contributed by atoms with Crippen LogP contribution in [-0.4, -0.2) is 25.8 Å². The van der Waals surface area contributed by atoms with Gasteiger partial charge in [-0.25, -0.2) is 15.0 Å². The summed E-state index contributed by atoms with van der Waals surface area (Å²) in [6.07, 6.45) is 1.38. The number of pyridine rings is 2. The number of amides is 1. The van der Waals surface area contributed by atoms with Gasteiger partial charge in [0.2, 0.25) is 5.43 Å². The van der Waals surface area contributed by atoms with Gasteiger partial charge in [-0.1, -0.05) is 71.8 Å². The highest BCUT2D eigenvalue weighted by Gasteiger charge is 2.19. The van der Waals surface area contributed by atoms with Crippen LogP contribution in [0.4, 0.5) is 0 Å². The first-order valence-electron chi connectivity index (χ1n) is 11.5. The largest absolute Gasteiger partial charge is 0.344 e. The topological polar surface area (TPSA) is 101 Å². The van der Waals surface area contributed by atoms with Gasteiger partial charge in [0.05, 0.1) is 11.4 Å². The first-order valence-corrected chi connectivity index (χ1v) is 12.9. The van der Waals surface area contributed by atoms with E-state index in [2.05, 4.69) is 20.8 Å². The molecule has 0 saturated heterocycles. The number of nitrogens with zero attached hydrogens (tertiary/aromatic N) is 3. The molecular weight excluding hydrogens is 506 g/mol. The van der Waals surface area contributed by atoms with Crippen molar-refractivity contribution in [3.05, 3.63) is 111 Å². The Balaban J connectivity index is 1.54. The second-order valence-electron chi connectivity index (χ2n) is 8.54. The van der Waals surface area contributed by atoms with Crippen molar-refractivity contribution in [2.45, 2.75) is 19.6 Å². The number of aromatic amines is 1. The van der Waals surface area contributed by atoms with E-state index in [-0.39, 0.29) is 16.7 Å². The smallest absolute Gasteiger partial charge is 0.266 e. The van der Waals surface area contributed by atoms with E-state index in [0.29, 0.717) is 33.6 Å². The van der Waals surface area contributed by atoms with Crippen molar-refractivity contribution in [1.82, 2.24) is 24.7 Å². The zero-order valence-electron chi connectivity index (χ0n) is 20.1. The molecule has 0 spiro atoms. The van der Waals surface area contributed by atoms with Crippen molar-refractivity contribution in [2.75, 3.05) is 0 Å². The van der Waals surface area contributed by atoms with E-state index in [1.54, 1.807) is 6.07 Å². The third-order valence-corrected chi connectivity index (χ3v) is 6.68. The molecule has 0 saturated carbocycles. The third kappa shape index (κ3) is 5.40. The van der Waals surface area contributed by atoms with Crippen LogP contribution in [0.1, 0.15) is 27.2 Å². The molecule has 184 valence electrons. The fourth-order valence-corrected chi connectivity index (χ4v) is 4.91. The second kappa shape index (κ2) is 10.5. The van der Waals surface area contributed by atoms with Gasteiger partial charge >= 0.3 is 0 Å². The molecule has 0 bridgehead atoms. The van der Waals surface area contributed by atoms with E-state index in [9.17, 15) is 9.59 Å². The van der Waals surface area contributed by atoms with Crippen LogP contribution in [0.5, 0.6) is 0 Å². The monoisotopic (exact) mass is 527 g/mol. The molecule has 2 aromatic carbocycles. The van der Waals surface area contributed by atoms with Gasteiger partial charge in [0.25, 0.3) is 5.91 Å². The van der Waals surface area contributed by atoms with Gasteiger partial charge in [-0.3, -0.25) is 14.3 Å². The van der Waals surface area contributed by atoms with Crippen LogP contribution in [-0.2, 0) is 5.75 Å². The SMILES string of the molecule is Cc1cccc(CSNC(=O)c2c[nH]c3nc(-c4ccccc4)c(-c4cc(C)nc(Cl)c4)nc3c2=O)c1. The first-order chi connectivity index (χ1) is 17.9. The van der Waals surface area contributed by atoms with E-state index in [4.69, 9.17) is 21.6 Å². The Kier molecular flexibility index (Phi) is 7.03. The summed E-state index contributed by atoms with van der Waals surface area (Å²) >= 11 is 7.46. The van der Waals surface area contributed by atoms with Crippen LogP contribution in [0.2, 0.25) is 5.15 Å². The lowest BCUT2D eigenvalue weighted by molar-refractivity contribution is 0.0983. The number of H-pyrrole nitrogens is 1. The number of halogens is 1. The average molecular weight is 528 g/mol. The number of hydrogen-bond donors (Lipinski definition) is 2. The molecule has 2 N–H and O–H groups in total. The Morgan fingerprint density at radius 1 is 0.946 bits per heavy atom. The van der Waals surface area contributed by atoms with Gasteiger partial charge < -0.3 is 4.98 Å². The van der Waals surface area contributed by atoms with Crippen molar-refractivity contribution >= 4 is 40.6 Å². The summed E-state index contributed by atoms with van der Waals surface area (Å²) in [5, 5.41) is 0.309. The standard InChI is InChI=1S/C28H22ClN5O2S/c1-16-7-6-8-18(11-16)15-37-34-28(36)21-14-30-27-25(26(21)35)32-24(20-12-17(2)31-22(29)13-20)23(33-27)19-9-4-3-5-10-19/h3-14H,15H2,1-2H3,(H,34,36)(H,30,33,35). The molecule has 0 fully saturated rings. The fraction of sp³-hybridized carbons (Fsp3) is 0.107. The summed E-state index contributed by atoms with van der Waals surface area (Å²) in [5.41, 5.74) is 5.29. The number of hydrogen-bond acceptors (Lipinski definition) is 6. The molecule has 0 radical (unpaired) electrons. The van der Waals surface area contributed by atoms with E-state index >= 15 is 0 Å². The van der Waals surface area contributed by atoms with Crippen LogP contribution in [0, 0.1) is 13.8 Å². The molecule has 7 nitrogen and oxygen atoms in total. The highest BCUT2D eigenvalue weighted by molar-refractivity contribution is 7.97. The molecule has 5 aromatic rings. The summed E-state index contributed by atoms with van der Waals surface area (Å²) in [7, 11) is 0. The van der Waals surface area contributed by atoms with Crippen molar-refractivity contribution < 1.29 is 4.79 Å². The summed E-state index contributed by atoms with van der Waals surface area (Å²) < 4.78 is 2.75. The molecule has 3 aromatic heterocycles. The first kappa shape index (κ1) is 24.7. The number of carbonyl (C=O) groups is 1. The van der Waals surface area contributed by atoms with Gasteiger partial charge in [-0.15, -0.1) is 0 Å². The van der Waals surface area contributed by atoms with Crippen LogP contribution in [0.25, 0.3) is 33.7 Å². The summed E-state index contributed by atoms with van der Waals surface area (Å²) in [6, 6.07) is 21.1. The summed E-state index contributed by atoms with van der Waals surface area (Å²) in [5.74, 6) is 0.0740. The minimum atomic E-state index is -0.507. The minimum absolute atomic E-state index is 0.0408. The second-order valence-corrected chi connectivity index (χ2v) is 9.71. The molecule has 0 atom stereocenters. The number of carbonyl (C=O) groups excluding carboxylic acids is 1. The molecule has 0 unspecified atom stereocenters. The Morgan fingerprint density at radius 3 is 2.49 bits per heavy atom. The van der Waals surface area contributed by atoms with Gasteiger partial charge in [-0.05, 0) is 43.5 Å². The quantitative estimate of drug-likeness (QED) is 0.211. The van der Waals surface area contributed by atoms with E-state index in [0.717, 1.165) is 16.7 Å². The van der Waals surface area contributed by atoms with Crippen molar-refractivity contribution in [3.63, 3.8) is 0 Å². The third-order valence-electron chi connectivity index (χ3n) is 5.68. The predicted molar refractivity (Wildman–Crippen MR) is 149 cm³/mol. The average Bonchev–Trinajstić information content (AvgIpc) is 2.88. The lowest BCUT2D eigenvalue weighted by Gasteiger charge is -2.12. The number of rotatable bonds is 6. The van der Waals surface area contributed by atoms with Crippen molar-refractivity contribution in [1.29, 1.82) is 0 Å². The van der Waals surface area contributed by atoms with E-state index in [1.807, 2.05) is 68.4 Å². The highest BCUT2D eigenvalue weighted by Crippen LogP contribution is 2.31. The lowest BCUT2D eigenvalue weighted by atomic mass is 10.0. The highest BCUT2D eigenvalue weighted by atomic mass is 35.5. The van der Waals surface area contributed by atoms with Gasteiger partial charge in [0, 0.05) is 28.8 Å². The Morgan fingerprint density at radius 2 is 1.73 bits per heavy atom. The number of benzene rings is 2. The number of nitrogens with one attached hydrogen (secondary N) is 2. The molecule has 0 aliphatic rings. The molecule has 0 aliphatic heterocycles. The predicted octanol–water partition coefficient (Wildman–Crippen LogP) is 5.90. The van der Waals surface area contributed by atoms with E-state index in [1.165, 1.54) is 18.1 Å². The molecular formula is C28H22ClN5O2S. The zero-order chi connectivity index (χ0) is 25.9. The normalized spacial score (nSPS) is 11.0. The fourth-order valence-electron chi connectivity index (χ4n) is 4.00. The Bertz CT molecular complexity index is 1670. The lowest BCUT2D eigenvalue weighted by Crippen LogP contribution is -2.25. The maximum Gasteiger partial charge on any atom is 0.266 e. The molecule has 1 amide bonds. The maximum absolute atomic E-state index is 13.4. The summed E-state index contributed by atoms with van der Waals surface area (Å²) in [4.78, 5) is 42.9. The zero-order valence-corrected chi connectivity index (χ0v) is 21.7. The van der Waals surface area contributed by atoms with Gasteiger partial charge in [0.15, 0.2) is 11.2 Å². The molecule has 9 heteroatoms. The minimum Gasteiger partial charge on any atom is -0.344 e. The van der Waals surface area contributed by atoms with Crippen molar-refractivity contribution in [2.24, 2.45) is 0 Å². The van der Waals surface area contributed by atoms with Crippen LogP contribution < -0.4 is 10.2 Å². The molecule has 37 heavy (non-hydrogen) atoms. The van der Waals surface area contributed by atoms with Crippen LogP contribution >= 0.6 is 23.5 Å². The van der Waals surface area contributed by atoms with Crippen LogP contribution in [0.3, 0.4) is 0 Å². The van der Waals surface area contributed by atoms with Crippen LogP contribution in [0.15, 0.2) is 77.7 Å². The summed E-state index contributed by atoms with van der Waals surface area (Å²) in [6.45, 7) is 3.84. The Hall–Kier alpha value is -4.01. The molecule has 0 aliphatic carbocycles. The number of aryl methyl sites for hydroxylation is 2. The molecule has 3 heterocycles. The van der Waals surface area contributed by atoms with Gasteiger partial charge in [-0.2, -0.15) is 0 Å². The van der Waals surface area contributed by atoms with Crippen molar-refractivity contribution in [3.8, 4) is 22.5 Å². The molecule has 5 rings (SSSR count). The number of aromatic nitrogens is 4. The van der Waals surface area contributed by atoms with E-state index < -0.39 is 11.3 Å². The maximum atomic E-state index is 13.4. The number of fused-ring (bicyclic) bond motifs is 1.